The van der Waals surface area contributed by atoms with Gasteiger partial charge >= 0.3 is 5.97 Å². The van der Waals surface area contributed by atoms with Gasteiger partial charge in [-0.25, -0.2) is 4.39 Å². The second kappa shape index (κ2) is 3.84. The second-order valence-electron chi connectivity index (χ2n) is 4.27. The third kappa shape index (κ3) is 1.72. The van der Waals surface area contributed by atoms with Crippen LogP contribution in [0.15, 0.2) is 36.4 Å². The monoisotopic (exact) mass is 243 g/mol. The second-order valence-corrected chi connectivity index (χ2v) is 4.27. The number of benzene rings is 2. The van der Waals surface area contributed by atoms with Crippen molar-refractivity contribution in [3.8, 4) is 0 Å². The van der Waals surface area contributed by atoms with Gasteiger partial charge in [-0.15, -0.1) is 0 Å². The Labute approximate surface area is 102 Å². The van der Waals surface area contributed by atoms with Crippen molar-refractivity contribution in [2.24, 2.45) is 0 Å². The Morgan fingerprint density at radius 1 is 1.11 bits per heavy atom. The van der Waals surface area contributed by atoms with E-state index in [1.165, 1.54) is 12.1 Å². The zero-order valence-corrected chi connectivity index (χ0v) is 9.40. The van der Waals surface area contributed by atoms with Crippen LogP contribution in [0.25, 0.3) is 21.8 Å². The van der Waals surface area contributed by atoms with Crippen molar-refractivity contribution in [2.45, 2.75) is 6.42 Å². The molecule has 0 fully saturated rings. The van der Waals surface area contributed by atoms with Gasteiger partial charge in [0.25, 0.3) is 0 Å². The molecule has 0 radical (unpaired) electrons. The van der Waals surface area contributed by atoms with Gasteiger partial charge in [-0.1, -0.05) is 12.1 Å². The summed E-state index contributed by atoms with van der Waals surface area (Å²) in [7, 11) is 0. The minimum Gasteiger partial charge on any atom is -0.481 e. The van der Waals surface area contributed by atoms with Crippen LogP contribution in [0.4, 0.5) is 4.39 Å². The Hall–Kier alpha value is -2.36. The Balaban J connectivity index is 2.22. The molecule has 0 amide bonds. The van der Waals surface area contributed by atoms with E-state index >= 15 is 0 Å². The van der Waals surface area contributed by atoms with Crippen LogP contribution in [0, 0.1) is 5.82 Å². The Bertz CT molecular complexity index is 761. The Morgan fingerprint density at radius 2 is 1.78 bits per heavy atom. The van der Waals surface area contributed by atoms with Gasteiger partial charge in [0.15, 0.2) is 0 Å². The molecule has 0 bridgehead atoms. The van der Waals surface area contributed by atoms with Crippen LogP contribution in [0.5, 0.6) is 0 Å². The fraction of sp³-hybridized carbons (Fsp3) is 0.0714. The smallest absolute Gasteiger partial charge is 0.307 e. The first-order valence-electron chi connectivity index (χ1n) is 5.55. The van der Waals surface area contributed by atoms with Crippen LogP contribution in [-0.4, -0.2) is 16.1 Å². The van der Waals surface area contributed by atoms with E-state index in [1.807, 2.05) is 6.07 Å². The molecule has 0 unspecified atom stereocenters. The van der Waals surface area contributed by atoms with E-state index in [0.29, 0.717) is 0 Å². The maximum absolute atomic E-state index is 13.1. The predicted molar refractivity (Wildman–Crippen MR) is 67.1 cm³/mol. The van der Waals surface area contributed by atoms with Crippen LogP contribution in [0.3, 0.4) is 0 Å². The molecule has 0 aliphatic rings. The molecule has 18 heavy (non-hydrogen) atoms. The first-order chi connectivity index (χ1) is 8.63. The molecular formula is C14H10FNO2. The van der Waals surface area contributed by atoms with Gasteiger partial charge in [0.2, 0.25) is 0 Å². The van der Waals surface area contributed by atoms with E-state index < -0.39 is 5.97 Å². The summed E-state index contributed by atoms with van der Waals surface area (Å²) in [5, 5.41) is 10.7. The summed E-state index contributed by atoms with van der Waals surface area (Å²) in [4.78, 5) is 13.8. The molecule has 0 saturated carbocycles. The average Bonchev–Trinajstić information content (AvgIpc) is 2.64. The molecule has 2 aromatic carbocycles. The third-order valence-electron chi connectivity index (χ3n) is 2.98. The average molecular weight is 243 g/mol. The van der Waals surface area contributed by atoms with Crippen molar-refractivity contribution in [1.29, 1.82) is 0 Å². The van der Waals surface area contributed by atoms with Crippen molar-refractivity contribution in [1.82, 2.24) is 4.98 Å². The van der Waals surface area contributed by atoms with Crippen molar-refractivity contribution in [3.63, 3.8) is 0 Å². The minimum atomic E-state index is -0.864. The molecule has 1 aromatic heterocycles. The number of hydrogen-bond acceptors (Lipinski definition) is 1. The predicted octanol–water partition coefficient (Wildman–Crippen LogP) is 3.09. The highest BCUT2D eigenvalue weighted by Crippen LogP contribution is 2.26. The van der Waals surface area contributed by atoms with Gasteiger partial charge in [-0.2, -0.15) is 0 Å². The zero-order chi connectivity index (χ0) is 12.7. The largest absolute Gasteiger partial charge is 0.481 e. The first kappa shape index (κ1) is 10.8. The van der Waals surface area contributed by atoms with E-state index in [0.717, 1.165) is 27.4 Å². The highest BCUT2D eigenvalue weighted by atomic mass is 19.1. The summed E-state index contributed by atoms with van der Waals surface area (Å²) in [5.41, 5.74) is 2.27. The highest BCUT2D eigenvalue weighted by molar-refractivity contribution is 6.07. The van der Waals surface area contributed by atoms with E-state index in [9.17, 15) is 9.18 Å². The number of fused-ring (bicyclic) bond motifs is 3. The summed E-state index contributed by atoms with van der Waals surface area (Å²) >= 11 is 0. The molecular weight excluding hydrogens is 233 g/mol. The first-order valence-corrected chi connectivity index (χ1v) is 5.55. The molecule has 1 heterocycles. The van der Waals surface area contributed by atoms with E-state index in [2.05, 4.69) is 4.98 Å². The Kier molecular flexibility index (Phi) is 2.30. The SMILES string of the molecule is O=C(O)Cc1ccc2c(c1)[nH]c1cc(F)ccc12. The minimum absolute atomic E-state index is 0.0142. The summed E-state index contributed by atoms with van der Waals surface area (Å²) in [5.74, 6) is -1.16. The van der Waals surface area contributed by atoms with Crippen molar-refractivity contribution >= 4 is 27.8 Å². The molecule has 0 saturated heterocycles. The van der Waals surface area contributed by atoms with Gasteiger partial charge in [0, 0.05) is 21.8 Å². The van der Waals surface area contributed by atoms with Gasteiger partial charge in [0.1, 0.15) is 5.82 Å². The fourth-order valence-electron chi connectivity index (χ4n) is 2.21. The topological polar surface area (TPSA) is 53.1 Å². The molecule has 3 rings (SSSR count). The van der Waals surface area contributed by atoms with Crippen LogP contribution in [-0.2, 0) is 11.2 Å². The molecule has 3 aromatic rings. The fourth-order valence-corrected chi connectivity index (χ4v) is 2.21. The number of H-pyrrole nitrogens is 1. The maximum Gasteiger partial charge on any atom is 0.307 e. The van der Waals surface area contributed by atoms with Crippen LogP contribution in [0.2, 0.25) is 0 Å². The molecule has 0 aliphatic carbocycles. The lowest BCUT2D eigenvalue weighted by Crippen LogP contribution is -1.99. The Morgan fingerprint density at radius 3 is 2.50 bits per heavy atom. The summed E-state index contributed by atoms with van der Waals surface area (Å²) in [6, 6.07) is 10.0. The van der Waals surface area contributed by atoms with Crippen LogP contribution in [0.1, 0.15) is 5.56 Å². The zero-order valence-electron chi connectivity index (χ0n) is 9.40. The van der Waals surface area contributed by atoms with E-state index in [-0.39, 0.29) is 12.2 Å². The number of aromatic nitrogens is 1. The molecule has 2 N–H and O–H groups in total. The number of hydrogen-bond donors (Lipinski definition) is 2. The number of nitrogens with one attached hydrogen (secondary N) is 1. The molecule has 0 aliphatic heterocycles. The molecule has 90 valence electrons. The highest BCUT2D eigenvalue weighted by Gasteiger charge is 2.07. The number of carboxylic acid groups (broad SMARTS) is 1. The van der Waals surface area contributed by atoms with Crippen LogP contribution < -0.4 is 0 Å². The van der Waals surface area contributed by atoms with E-state index in [4.69, 9.17) is 5.11 Å². The van der Waals surface area contributed by atoms with Crippen LogP contribution >= 0.6 is 0 Å². The van der Waals surface area contributed by atoms with Gasteiger partial charge in [0.05, 0.1) is 6.42 Å². The summed E-state index contributed by atoms with van der Waals surface area (Å²) < 4.78 is 13.1. The van der Waals surface area contributed by atoms with Crippen molar-refractivity contribution < 1.29 is 14.3 Å². The lowest BCUT2D eigenvalue weighted by atomic mass is 10.1. The number of aliphatic carboxylic acids is 1. The standard InChI is InChI=1S/C14H10FNO2/c15-9-2-4-11-10-3-1-8(6-14(17)18)5-12(10)16-13(11)7-9/h1-5,7,16H,6H2,(H,17,18). The third-order valence-corrected chi connectivity index (χ3v) is 2.98. The summed E-state index contributed by atoms with van der Waals surface area (Å²) in [6.07, 6.45) is -0.0142. The van der Waals surface area contributed by atoms with Gasteiger partial charge in [-0.3, -0.25) is 4.79 Å². The lowest BCUT2D eigenvalue weighted by Gasteiger charge is -1.97. The van der Waals surface area contributed by atoms with Gasteiger partial charge < -0.3 is 10.1 Å². The number of rotatable bonds is 2. The quantitative estimate of drug-likeness (QED) is 0.726. The van der Waals surface area contributed by atoms with Crippen molar-refractivity contribution in [2.75, 3.05) is 0 Å². The number of aromatic amines is 1. The molecule has 4 heteroatoms. The molecule has 0 spiro atoms. The normalized spacial score (nSPS) is 11.2. The van der Waals surface area contributed by atoms with E-state index in [1.54, 1.807) is 18.2 Å². The van der Waals surface area contributed by atoms with Crippen molar-refractivity contribution in [3.05, 3.63) is 47.8 Å². The molecule has 3 nitrogen and oxygen atoms in total. The number of carboxylic acids is 1. The van der Waals surface area contributed by atoms with Gasteiger partial charge in [-0.05, 0) is 29.8 Å². The maximum atomic E-state index is 13.1. The lowest BCUT2D eigenvalue weighted by molar-refractivity contribution is -0.136. The number of carbonyl (C=O) groups is 1. The number of halogens is 1. The summed E-state index contributed by atoms with van der Waals surface area (Å²) in [6.45, 7) is 0. The molecule has 0 atom stereocenters.